The molecule has 0 fully saturated rings. The van der Waals surface area contributed by atoms with E-state index in [1.165, 1.54) is 5.56 Å². The average molecular weight is 402 g/mol. The van der Waals surface area contributed by atoms with Crippen molar-refractivity contribution < 1.29 is 14.3 Å². The van der Waals surface area contributed by atoms with Gasteiger partial charge in [0.1, 0.15) is 11.5 Å². The lowest BCUT2D eigenvalue weighted by molar-refractivity contribution is 0.0955. The van der Waals surface area contributed by atoms with Crippen LogP contribution in [0.3, 0.4) is 0 Å². The number of hydrazone groups is 1. The molecule has 5 heteroatoms. The monoisotopic (exact) mass is 402 g/mol. The fourth-order valence-corrected chi connectivity index (χ4v) is 2.90. The minimum absolute atomic E-state index is 0.247. The summed E-state index contributed by atoms with van der Waals surface area (Å²) in [7, 11) is 0. The van der Waals surface area contributed by atoms with Gasteiger partial charge in [0.05, 0.1) is 19.4 Å². The van der Waals surface area contributed by atoms with E-state index in [-0.39, 0.29) is 5.91 Å². The molecule has 0 spiro atoms. The third-order valence-electron chi connectivity index (χ3n) is 4.42. The van der Waals surface area contributed by atoms with Gasteiger partial charge in [-0.15, -0.1) is 0 Å². The predicted molar refractivity (Wildman–Crippen MR) is 119 cm³/mol. The number of hydrogen-bond acceptors (Lipinski definition) is 4. The van der Waals surface area contributed by atoms with Crippen LogP contribution < -0.4 is 14.9 Å². The average Bonchev–Trinajstić information content (AvgIpc) is 2.76. The Labute approximate surface area is 177 Å². The summed E-state index contributed by atoms with van der Waals surface area (Å²) in [5.74, 6) is 1.42. The van der Waals surface area contributed by atoms with E-state index >= 15 is 0 Å². The molecule has 0 saturated heterocycles. The highest BCUT2D eigenvalue weighted by Crippen LogP contribution is 2.19. The van der Waals surface area contributed by atoms with Crippen LogP contribution in [0.25, 0.3) is 0 Å². The Morgan fingerprint density at radius 1 is 0.933 bits per heavy atom. The molecule has 5 nitrogen and oxygen atoms in total. The van der Waals surface area contributed by atoms with Gasteiger partial charge < -0.3 is 9.47 Å². The zero-order chi connectivity index (χ0) is 21.2. The van der Waals surface area contributed by atoms with Crippen LogP contribution >= 0.6 is 0 Å². The number of nitrogens with zero attached hydrogens (tertiary/aromatic N) is 1. The maximum absolute atomic E-state index is 12.0. The Balaban J connectivity index is 1.42. The van der Waals surface area contributed by atoms with Crippen molar-refractivity contribution in [3.8, 4) is 11.5 Å². The van der Waals surface area contributed by atoms with Crippen LogP contribution in [0.4, 0.5) is 0 Å². The van der Waals surface area contributed by atoms with E-state index in [2.05, 4.69) is 23.5 Å². The summed E-state index contributed by atoms with van der Waals surface area (Å²) in [6.45, 7) is 5.27. The Morgan fingerprint density at radius 3 is 2.53 bits per heavy atom. The van der Waals surface area contributed by atoms with Gasteiger partial charge in [-0.1, -0.05) is 48.0 Å². The van der Waals surface area contributed by atoms with Gasteiger partial charge in [0.15, 0.2) is 0 Å². The number of amides is 1. The van der Waals surface area contributed by atoms with Gasteiger partial charge in [-0.25, -0.2) is 5.43 Å². The second kappa shape index (κ2) is 10.8. The van der Waals surface area contributed by atoms with Crippen molar-refractivity contribution in [1.82, 2.24) is 5.43 Å². The zero-order valence-electron chi connectivity index (χ0n) is 17.3. The number of carbonyl (C=O) groups is 1. The third-order valence-corrected chi connectivity index (χ3v) is 4.42. The van der Waals surface area contributed by atoms with E-state index in [0.29, 0.717) is 18.8 Å². The lowest BCUT2D eigenvalue weighted by Crippen LogP contribution is -2.17. The highest BCUT2D eigenvalue weighted by atomic mass is 16.5. The van der Waals surface area contributed by atoms with E-state index in [1.807, 2.05) is 61.5 Å². The smallest absolute Gasteiger partial charge is 0.271 e. The third kappa shape index (κ3) is 6.48. The molecule has 0 unspecified atom stereocenters. The molecule has 30 heavy (non-hydrogen) atoms. The van der Waals surface area contributed by atoms with Gasteiger partial charge in [0.2, 0.25) is 0 Å². The molecule has 0 aliphatic rings. The molecule has 3 aromatic carbocycles. The van der Waals surface area contributed by atoms with Crippen LogP contribution in [0.1, 0.15) is 33.5 Å². The molecule has 0 saturated carbocycles. The number of aryl methyl sites for hydroxylation is 2. The Hall–Kier alpha value is -3.60. The van der Waals surface area contributed by atoms with Crippen molar-refractivity contribution in [2.45, 2.75) is 20.3 Å². The van der Waals surface area contributed by atoms with Crippen LogP contribution in [0.2, 0.25) is 0 Å². The number of benzene rings is 3. The minimum Gasteiger partial charge on any atom is -0.493 e. The molecule has 0 aromatic heterocycles. The summed E-state index contributed by atoms with van der Waals surface area (Å²) in [5, 5.41) is 4.02. The molecule has 0 aliphatic carbocycles. The van der Waals surface area contributed by atoms with E-state index < -0.39 is 0 Å². The standard InChI is InChI=1S/C25H26N2O3/c1-19-12-13-24(20(2)16-19)30-15-7-14-29-23-11-6-8-21(17-23)18-26-27-25(28)22-9-4-3-5-10-22/h3-6,8-13,16-18H,7,14-15H2,1-2H3,(H,27,28). The summed E-state index contributed by atoms with van der Waals surface area (Å²) in [5.41, 5.74) is 6.30. The molecular formula is C25H26N2O3. The van der Waals surface area contributed by atoms with Crippen molar-refractivity contribution in [2.75, 3.05) is 13.2 Å². The fraction of sp³-hybridized carbons (Fsp3) is 0.200. The van der Waals surface area contributed by atoms with Gasteiger partial charge in [-0.3, -0.25) is 4.79 Å². The Kier molecular flexibility index (Phi) is 7.61. The predicted octanol–water partition coefficient (Wildman–Crippen LogP) is 4.92. The molecule has 3 rings (SSSR count). The summed E-state index contributed by atoms with van der Waals surface area (Å²) in [6, 6.07) is 22.7. The van der Waals surface area contributed by atoms with Crippen LogP contribution in [0, 0.1) is 13.8 Å². The second-order valence-corrected chi connectivity index (χ2v) is 6.96. The fourth-order valence-electron chi connectivity index (χ4n) is 2.90. The van der Waals surface area contributed by atoms with Gasteiger partial charge in [0, 0.05) is 12.0 Å². The minimum atomic E-state index is -0.247. The maximum atomic E-state index is 12.0. The zero-order valence-corrected chi connectivity index (χ0v) is 17.3. The number of ether oxygens (including phenoxy) is 2. The van der Waals surface area contributed by atoms with Crippen molar-refractivity contribution >= 4 is 12.1 Å². The largest absolute Gasteiger partial charge is 0.493 e. The molecule has 3 aromatic rings. The first-order chi connectivity index (χ1) is 14.6. The van der Waals surface area contributed by atoms with Crippen molar-refractivity contribution in [3.05, 3.63) is 95.1 Å². The Morgan fingerprint density at radius 2 is 1.73 bits per heavy atom. The molecular weight excluding hydrogens is 376 g/mol. The Bertz CT molecular complexity index is 1000. The quantitative estimate of drug-likeness (QED) is 0.314. The van der Waals surface area contributed by atoms with Gasteiger partial charge in [0.25, 0.3) is 5.91 Å². The second-order valence-electron chi connectivity index (χ2n) is 6.96. The molecule has 1 amide bonds. The highest BCUT2D eigenvalue weighted by Gasteiger charge is 2.02. The maximum Gasteiger partial charge on any atom is 0.271 e. The van der Waals surface area contributed by atoms with Crippen LogP contribution in [-0.2, 0) is 0 Å². The molecule has 154 valence electrons. The van der Waals surface area contributed by atoms with E-state index in [4.69, 9.17) is 9.47 Å². The molecule has 0 heterocycles. The first-order valence-electron chi connectivity index (χ1n) is 9.93. The lowest BCUT2D eigenvalue weighted by Gasteiger charge is -2.10. The highest BCUT2D eigenvalue weighted by molar-refractivity contribution is 5.94. The first-order valence-corrected chi connectivity index (χ1v) is 9.93. The summed E-state index contributed by atoms with van der Waals surface area (Å²) >= 11 is 0. The van der Waals surface area contributed by atoms with Crippen LogP contribution in [0.5, 0.6) is 11.5 Å². The molecule has 0 radical (unpaired) electrons. The van der Waals surface area contributed by atoms with E-state index in [1.54, 1.807) is 18.3 Å². The number of hydrogen-bond donors (Lipinski definition) is 1. The SMILES string of the molecule is Cc1ccc(OCCCOc2cccc(C=NNC(=O)c3ccccc3)c2)c(C)c1. The summed E-state index contributed by atoms with van der Waals surface area (Å²) < 4.78 is 11.6. The molecule has 0 atom stereocenters. The first kappa shape index (κ1) is 21.1. The number of nitrogens with one attached hydrogen (secondary N) is 1. The van der Waals surface area contributed by atoms with E-state index in [9.17, 15) is 4.79 Å². The number of rotatable bonds is 9. The van der Waals surface area contributed by atoms with Gasteiger partial charge in [-0.2, -0.15) is 5.10 Å². The van der Waals surface area contributed by atoms with Crippen molar-refractivity contribution in [1.29, 1.82) is 0 Å². The van der Waals surface area contributed by atoms with E-state index in [0.717, 1.165) is 29.0 Å². The molecule has 0 bridgehead atoms. The van der Waals surface area contributed by atoms with Crippen molar-refractivity contribution in [2.24, 2.45) is 5.10 Å². The lowest BCUT2D eigenvalue weighted by atomic mass is 10.1. The summed E-state index contributed by atoms with van der Waals surface area (Å²) in [4.78, 5) is 12.0. The molecule has 0 aliphatic heterocycles. The van der Waals surface area contributed by atoms with Gasteiger partial charge >= 0.3 is 0 Å². The molecule has 1 N–H and O–H groups in total. The normalized spacial score (nSPS) is 10.7. The van der Waals surface area contributed by atoms with Gasteiger partial charge in [-0.05, 0) is 55.3 Å². The van der Waals surface area contributed by atoms with Crippen molar-refractivity contribution in [3.63, 3.8) is 0 Å². The summed E-state index contributed by atoms with van der Waals surface area (Å²) in [6.07, 6.45) is 2.37. The number of carbonyl (C=O) groups excluding carboxylic acids is 1. The van der Waals surface area contributed by atoms with Crippen LogP contribution in [0.15, 0.2) is 77.9 Å². The van der Waals surface area contributed by atoms with Crippen LogP contribution in [-0.4, -0.2) is 25.3 Å². The topological polar surface area (TPSA) is 59.9 Å².